The standard InChI is InChI=1S/C15H18O2/c1-10(2)14-12-8-6-5-7-11(12)9-13(16-3)15(14)17-4/h5-10H,1-4H3. The zero-order valence-electron chi connectivity index (χ0n) is 10.8. The molecule has 0 saturated heterocycles. The second kappa shape index (κ2) is 4.66. The van der Waals surface area contributed by atoms with Crippen LogP contribution in [0, 0.1) is 0 Å². The van der Waals surface area contributed by atoms with Crippen molar-refractivity contribution < 1.29 is 9.47 Å². The van der Waals surface area contributed by atoms with E-state index < -0.39 is 0 Å². The van der Waals surface area contributed by atoms with Crippen molar-refractivity contribution in [3.8, 4) is 11.5 Å². The summed E-state index contributed by atoms with van der Waals surface area (Å²) in [6, 6.07) is 10.4. The van der Waals surface area contributed by atoms with Crippen molar-refractivity contribution in [2.75, 3.05) is 14.2 Å². The van der Waals surface area contributed by atoms with E-state index in [0.29, 0.717) is 5.92 Å². The molecule has 0 atom stereocenters. The summed E-state index contributed by atoms with van der Waals surface area (Å²) < 4.78 is 10.9. The Balaban J connectivity index is 2.86. The second-order valence-electron chi connectivity index (χ2n) is 4.40. The number of hydrogen-bond donors (Lipinski definition) is 0. The molecule has 2 nitrogen and oxygen atoms in total. The lowest BCUT2D eigenvalue weighted by Crippen LogP contribution is -1.99. The van der Waals surface area contributed by atoms with E-state index >= 15 is 0 Å². The number of rotatable bonds is 3. The van der Waals surface area contributed by atoms with Crippen LogP contribution in [-0.4, -0.2) is 14.2 Å². The number of ether oxygens (including phenoxy) is 2. The molecule has 0 aliphatic rings. The Morgan fingerprint density at radius 3 is 2.29 bits per heavy atom. The highest BCUT2D eigenvalue weighted by Crippen LogP contribution is 2.41. The lowest BCUT2D eigenvalue weighted by molar-refractivity contribution is 0.351. The third-order valence-electron chi connectivity index (χ3n) is 3.01. The highest BCUT2D eigenvalue weighted by atomic mass is 16.5. The highest BCUT2D eigenvalue weighted by molar-refractivity contribution is 5.90. The van der Waals surface area contributed by atoms with E-state index in [4.69, 9.17) is 9.47 Å². The monoisotopic (exact) mass is 230 g/mol. The van der Waals surface area contributed by atoms with Crippen LogP contribution < -0.4 is 9.47 Å². The van der Waals surface area contributed by atoms with Gasteiger partial charge < -0.3 is 9.47 Å². The Morgan fingerprint density at radius 1 is 1.00 bits per heavy atom. The first-order chi connectivity index (χ1) is 8.19. The Labute approximate surface area is 102 Å². The van der Waals surface area contributed by atoms with E-state index in [-0.39, 0.29) is 0 Å². The fourth-order valence-corrected chi connectivity index (χ4v) is 2.27. The van der Waals surface area contributed by atoms with Crippen LogP contribution in [0.3, 0.4) is 0 Å². The summed E-state index contributed by atoms with van der Waals surface area (Å²) in [5, 5.41) is 2.43. The van der Waals surface area contributed by atoms with Crippen molar-refractivity contribution in [2.45, 2.75) is 19.8 Å². The topological polar surface area (TPSA) is 18.5 Å². The smallest absolute Gasteiger partial charge is 0.164 e. The van der Waals surface area contributed by atoms with E-state index in [0.717, 1.165) is 11.5 Å². The number of methoxy groups -OCH3 is 2. The zero-order chi connectivity index (χ0) is 12.4. The number of benzene rings is 2. The van der Waals surface area contributed by atoms with Crippen LogP contribution in [0.25, 0.3) is 10.8 Å². The molecule has 0 N–H and O–H groups in total. The maximum absolute atomic E-state index is 5.51. The molecule has 0 aliphatic carbocycles. The van der Waals surface area contributed by atoms with Crippen molar-refractivity contribution >= 4 is 10.8 Å². The van der Waals surface area contributed by atoms with Gasteiger partial charge in [0, 0.05) is 5.56 Å². The van der Waals surface area contributed by atoms with E-state index in [9.17, 15) is 0 Å². The summed E-state index contributed by atoms with van der Waals surface area (Å²) >= 11 is 0. The summed E-state index contributed by atoms with van der Waals surface area (Å²) in [5.74, 6) is 2.04. The predicted molar refractivity (Wildman–Crippen MR) is 71.1 cm³/mol. The SMILES string of the molecule is COc1cc2ccccc2c(C(C)C)c1OC. The Kier molecular flexibility index (Phi) is 3.23. The largest absolute Gasteiger partial charge is 0.493 e. The molecule has 0 aliphatic heterocycles. The van der Waals surface area contributed by atoms with Crippen molar-refractivity contribution in [2.24, 2.45) is 0 Å². The van der Waals surface area contributed by atoms with Crippen molar-refractivity contribution in [3.63, 3.8) is 0 Å². The molecule has 2 heteroatoms. The van der Waals surface area contributed by atoms with E-state index in [2.05, 4.69) is 32.0 Å². The van der Waals surface area contributed by atoms with Gasteiger partial charge in [0.1, 0.15) is 0 Å². The molecule has 2 aromatic rings. The first-order valence-electron chi connectivity index (χ1n) is 5.82. The molecular weight excluding hydrogens is 212 g/mol. The summed E-state index contributed by atoms with van der Waals surface area (Å²) in [6.07, 6.45) is 0. The predicted octanol–water partition coefficient (Wildman–Crippen LogP) is 3.98. The van der Waals surface area contributed by atoms with Crippen molar-refractivity contribution in [1.29, 1.82) is 0 Å². The minimum Gasteiger partial charge on any atom is -0.493 e. The van der Waals surface area contributed by atoms with Crippen molar-refractivity contribution in [3.05, 3.63) is 35.9 Å². The van der Waals surface area contributed by atoms with Gasteiger partial charge in [-0.3, -0.25) is 0 Å². The quantitative estimate of drug-likeness (QED) is 0.794. The molecule has 0 amide bonds. The van der Waals surface area contributed by atoms with Crippen LogP contribution in [0.2, 0.25) is 0 Å². The lowest BCUT2D eigenvalue weighted by Gasteiger charge is -2.18. The third kappa shape index (κ3) is 1.95. The Hall–Kier alpha value is -1.70. The van der Waals surface area contributed by atoms with Crippen LogP contribution >= 0.6 is 0 Å². The van der Waals surface area contributed by atoms with Crippen LogP contribution in [0.4, 0.5) is 0 Å². The summed E-state index contributed by atoms with van der Waals surface area (Å²) in [4.78, 5) is 0. The first-order valence-corrected chi connectivity index (χ1v) is 5.82. The number of fused-ring (bicyclic) bond motifs is 1. The van der Waals surface area contributed by atoms with Gasteiger partial charge in [-0.1, -0.05) is 38.1 Å². The minimum absolute atomic E-state index is 0.393. The van der Waals surface area contributed by atoms with Gasteiger partial charge in [-0.2, -0.15) is 0 Å². The zero-order valence-corrected chi connectivity index (χ0v) is 10.8. The van der Waals surface area contributed by atoms with Crippen LogP contribution in [0.1, 0.15) is 25.3 Å². The molecule has 0 fully saturated rings. The highest BCUT2D eigenvalue weighted by Gasteiger charge is 2.16. The maximum Gasteiger partial charge on any atom is 0.164 e. The first kappa shape index (κ1) is 11.8. The summed E-state index contributed by atoms with van der Waals surface area (Å²) in [6.45, 7) is 4.34. The van der Waals surface area contributed by atoms with Gasteiger partial charge >= 0.3 is 0 Å². The Morgan fingerprint density at radius 2 is 1.71 bits per heavy atom. The average Bonchev–Trinajstić information content (AvgIpc) is 2.35. The average molecular weight is 230 g/mol. The van der Waals surface area contributed by atoms with Gasteiger partial charge in [-0.05, 0) is 22.8 Å². The molecule has 0 radical (unpaired) electrons. The lowest BCUT2D eigenvalue weighted by atomic mass is 9.94. The second-order valence-corrected chi connectivity index (χ2v) is 4.40. The summed E-state index contributed by atoms with van der Waals surface area (Å²) in [5.41, 5.74) is 1.21. The fraction of sp³-hybridized carbons (Fsp3) is 0.333. The normalized spacial score (nSPS) is 10.9. The van der Waals surface area contributed by atoms with Gasteiger partial charge in [-0.25, -0.2) is 0 Å². The molecule has 0 heterocycles. The van der Waals surface area contributed by atoms with Crippen molar-refractivity contribution in [1.82, 2.24) is 0 Å². The van der Waals surface area contributed by atoms with E-state index in [1.165, 1.54) is 16.3 Å². The molecule has 2 aromatic carbocycles. The van der Waals surface area contributed by atoms with Crippen LogP contribution in [0.15, 0.2) is 30.3 Å². The third-order valence-corrected chi connectivity index (χ3v) is 3.01. The fourth-order valence-electron chi connectivity index (χ4n) is 2.27. The summed E-state index contributed by atoms with van der Waals surface area (Å²) in [7, 11) is 3.37. The van der Waals surface area contributed by atoms with Crippen LogP contribution in [-0.2, 0) is 0 Å². The Bertz CT molecular complexity index is 530. The van der Waals surface area contributed by atoms with Gasteiger partial charge in [-0.15, -0.1) is 0 Å². The molecule has 17 heavy (non-hydrogen) atoms. The van der Waals surface area contributed by atoms with Crippen LogP contribution in [0.5, 0.6) is 11.5 Å². The molecule has 0 saturated carbocycles. The minimum atomic E-state index is 0.393. The van der Waals surface area contributed by atoms with E-state index in [1.54, 1.807) is 14.2 Å². The van der Waals surface area contributed by atoms with Gasteiger partial charge in [0.25, 0.3) is 0 Å². The molecule has 0 bridgehead atoms. The maximum atomic E-state index is 5.51. The number of hydrogen-bond acceptors (Lipinski definition) is 2. The molecular formula is C15H18O2. The molecule has 2 rings (SSSR count). The van der Waals surface area contributed by atoms with Gasteiger partial charge in [0.05, 0.1) is 14.2 Å². The van der Waals surface area contributed by atoms with E-state index in [1.807, 2.05) is 12.1 Å². The molecule has 90 valence electrons. The molecule has 0 spiro atoms. The molecule has 0 aromatic heterocycles. The molecule has 0 unspecified atom stereocenters. The van der Waals surface area contributed by atoms with Gasteiger partial charge in [0.15, 0.2) is 11.5 Å². The van der Waals surface area contributed by atoms with Gasteiger partial charge in [0.2, 0.25) is 0 Å².